The number of sulfonamides is 1. The Hall–Kier alpha value is -2.25. The van der Waals surface area contributed by atoms with Crippen LogP contribution < -0.4 is 14.4 Å². The van der Waals surface area contributed by atoms with E-state index in [0.29, 0.717) is 10.7 Å². The summed E-state index contributed by atoms with van der Waals surface area (Å²) in [4.78, 5) is 12.5. The van der Waals surface area contributed by atoms with Gasteiger partial charge < -0.3 is 10.1 Å². The number of nitrogens with one attached hydrogen (secondary N) is 1. The third-order valence-corrected chi connectivity index (χ3v) is 5.63. The summed E-state index contributed by atoms with van der Waals surface area (Å²) >= 11 is 5.96. The van der Waals surface area contributed by atoms with Crippen LogP contribution in [0.4, 0.5) is 5.69 Å². The average molecular weight is 425 g/mol. The number of anilines is 1. The predicted molar refractivity (Wildman–Crippen MR) is 113 cm³/mol. The van der Waals surface area contributed by atoms with Gasteiger partial charge in [0.2, 0.25) is 15.9 Å². The van der Waals surface area contributed by atoms with Crippen LogP contribution in [0.5, 0.6) is 5.75 Å². The largest absolute Gasteiger partial charge is 0.492 e. The van der Waals surface area contributed by atoms with Crippen LogP contribution in [0, 0.1) is 0 Å². The quantitative estimate of drug-likeness (QED) is 0.627. The van der Waals surface area contributed by atoms with Crippen molar-refractivity contribution in [3.63, 3.8) is 0 Å². The van der Waals surface area contributed by atoms with Crippen molar-refractivity contribution >= 4 is 33.2 Å². The molecular weight excluding hydrogens is 400 g/mol. The summed E-state index contributed by atoms with van der Waals surface area (Å²) in [7, 11) is -3.68. The number of carbonyl (C=O) groups excluding carboxylic acids is 1. The van der Waals surface area contributed by atoms with Crippen molar-refractivity contribution in [3.8, 4) is 5.75 Å². The SMILES string of the molecule is CCc1ccc(OCCNC(=O)[C@@H](C)N(c2cccc(Cl)c2)S(C)(=O)=O)cc1. The first-order valence-electron chi connectivity index (χ1n) is 8.96. The summed E-state index contributed by atoms with van der Waals surface area (Å²) in [6, 6.07) is 13.2. The summed E-state index contributed by atoms with van der Waals surface area (Å²) in [5.74, 6) is 0.298. The van der Waals surface area contributed by atoms with Gasteiger partial charge in [0.05, 0.1) is 18.5 Å². The average Bonchev–Trinajstić information content (AvgIpc) is 2.64. The van der Waals surface area contributed by atoms with E-state index in [0.717, 1.165) is 22.7 Å². The van der Waals surface area contributed by atoms with Crippen LogP contribution in [-0.2, 0) is 21.2 Å². The fourth-order valence-corrected chi connectivity index (χ4v) is 4.09. The minimum Gasteiger partial charge on any atom is -0.492 e. The van der Waals surface area contributed by atoms with Crippen LogP contribution in [-0.4, -0.2) is 39.8 Å². The second-order valence-corrected chi connectivity index (χ2v) is 8.65. The Morgan fingerprint density at radius 3 is 2.46 bits per heavy atom. The Morgan fingerprint density at radius 2 is 1.89 bits per heavy atom. The number of hydrogen-bond donors (Lipinski definition) is 1. The second kappa shape index (κ2) is 9.80. The minimum atomic E-state index is -3.68. The van der Waals surface area contributed by atoms with E-state index in [-0.39, 0.29) is 13.2 Å². The van der Waals surface area contributed by atoms with Crippen LogP contribution in [0.2, 0.25) is 5.02 Å². The second-order valence-electron chi connectivity index (χ2n) is 6.35. The zero-order valence-electron chi connectivity index (χ0n) is 16.2. The maximum absolute atomic E-state index is 12.5. The molecule has 0 saturated heterocycles. The third kappa shape index (κ3) is 6.14. The van der Waals surface area contributed by atoms with Crippen LogP contribution in [0.25, 0.3) is 0 Å². The van der Waals surface area contributed by atoms with Gasteiger partial charge in [0.25, 0.3) is 0 Å². The third-order valence-electron chi connectivity index (χ3n) is 4.15. The number of rotatable bonds is 9. The molecule has 28 heavy (non-hydrogen) atoms. The van der Waals surface area contributed by atoms with Gasteiger partial charge >= 0.3 is 0 Å². The summed E-state index contributed by atoms with van der Waals surface area (Å²) in [5, 5.41) is 3.10. The van der Waals surface area contributed by atoms with Gasteiger partial charge in [0, 0.05) is 5.02 Å². The molecular formula is C20H25ClN2O4S. The first kappa shape index (κ1) is 22.0. The van der Waals surface area contributed by atoms with E-state index in [9.17, 15) is 13.2 Å². The number of benzene rings is 2. The van der Waals surface area contributed by atoms with Crippen molar-refractivity contribution in [1.29, 1.82) is 0 Å². The summed E-state index contributed by atoms with van der Waals surface area (Å²) in [6.07, 6.45) is 2.01. The van der Waals surface area contributed by atoms with E-state index >= 15 is 0 Å². The molecule has 8 heteroatoms. The van der Waals surface area contributed by atoms with E-state index in [2.05, 4.69) is 12.2 Å². The number of hydrogen-bond acceptors (Lipinski definition) is 4. The topological polar surface area (TPSA) is 75.7 Å². The van der Waals surface area contributed by atoms with Gasteiger partial charge in [-0.05, 0) is 49.2 Å². The molecule has 0 aromatic heterocycles. The summed E-state index contributed by atoms with van der Waals surface area (Å²) in [5.41, 5.74) is 1.56. The van der Waals surface area contributed by atoms with E-state index in [1.165, 1.54) is 18.6 Å². The van der Waals surface area contributed by atoms with Gasteiger partial charge in [0.1, 0.15) is 18.4 Å². The van der Waals surface area contributed by atoms with Crippen molar-refractivity contribution in [2.24, 2.45) is 0 Å². The van der Waals surface area contributed by atoms with E-state index in [4.69, 9.17) is 16.3 Å². The first-order valence-corrected chi connectivity index (χ1v) is 11.2. The summed E-state index contributed by atoms with van der Waals surface area (Å²) in [6.45, 7) is 4.14. The highest BCUT2D eigenvalue weighted by Gasteiger charge is 2.29. The minimum absolute atomic E-state index is 0.256. The van der Waals surface area contributed by atoms with E-state index < -0.39 is 22.0 Å². The number of nitrogens with zero attached hydrogens (tertiary/aromatic N) is 1. The van der Waals surface area contributed by atoms with Crippen molar-refractivity contribution < 1.29 is 17.9 Å². The molecule has 1 amide bonds. The van der Waals surface area contributed by atoms with Crippen molar-refractivity contribution in [3.05, 3.63) is 59.1 Å². The fraction of sp³-hybridized carbons (Fsp3) is 0.350. The van der Waals surface area contributed by atoms with Crippen LogP contribution in [0.15, 0.2) is 48.5 Å². The van der Waals surface area contributed by atoms with Gasteiger partial charge in [-0.15, -0.1) is 0 Å². The molecule has 0 spiro atoms. The van der Waals surface area contributed by atoms with Crippen LogP contribution >= 0.6 is 11.6 Å². The number of ether oxygens (including phenoxy) is 1. The predicted octanol–water partition coefficient (Wildman–Crippen LogP) is 3.25. The zero-order chi connectivity index (χ0) is 20.7. The van der Waals surface area contributed by atoms with Gasteiger partial charge in [-0.3, -0.25) is 9.10 Å². The lowest BCUT2D eigenvalue weighted by atomic mass is 10.2. The standard InChI is InChI=1S/C20H25ClN2O4S/c1-4-16-8-10-19(11-9-16)27-13-12-22-20(24)15(2)23(28(3,25)26)18-7-5-6-17(21)14-18/h5-11,14-15H,4,12-13H2,1-3H3,(H,22,24)/t15-/m1/s1. The van der Waals surface area contributed by atoms with E-state index in [1.54, 1.807) is 18.2 Å². The molecule has 0 radical (unpaired) electrons. The molecule has 0 aliphatic carbocycles. The normalized spacial score (nSPS) is 12.3. The molecule has 0 unspecified atom stereocenters. The van der Waals surface area contributed by atoms with Crippen molar-refractivity contribution in [2.45, 2.75) is 26.3 Å². The Kier molecular flexibility index (Phi) is 7.71. The molecule has 1 N–H and O–H groups in total. The number of halogens is 1. The number of carbonyl (C=O) groups is 1. The molecule has 0 bridgehead atoms. The Morgan fingerprint density at radius 1 is 1.21 bits per heavy atom. The molecule has 2 aromatic carbocycles. The summed E-state index contributed by atoms with van der Waals surface area (Å²) < 4.78 is 31.1. The number of aryl methyl sites for hydroxylation is 1. The fourth-order valence-electron chi connectivity index (χ4n) is 2.73. The smallest absolute Gasteiger partial charge is 0.243 e. The molecule has 0 aliphatic rings. The molecule has 0 heterocycles. The van der Waals surface area contributed by atoms with Crippen LogP contribution in [0.1, 0.15) is 19.4 Å². The molecule has 152 valence electrons. The van der Waals surface area contributed by atoms with Gasteiger partial charge in [0.15, 0.2) is 0 Å². The Bertz CT molecular complexity index is 901. The maximum atomic E-state index is 12.5. The monoisotopic (exact) mass is 424 g/mol. The highest BCUT2D eigenvalue weighted by Crippen LogP contribution is 2.24. The van der Waals surface area contributed by atoms with Gasteiger partial charge in [-0.1, -0.05) is 36.7 Å². The van der Waals surface area contributed by atoms with E-state index in [1.807, 2.05) is 24.3 Å². The van der Waals surface area contributed by atoms with Crippen molar-refractivity contribution in [2.75, 3.05) is 23.7 Å². The lowest BCUT2D eigenvalue weighted by molar-refractivity contribution is -0.121. The van der Waals surface area contributed by atoms with Gasteiger partial charge in [-0.2, -0.15) is 0 Å². The molecule has 2 aromatic rings. The molecule has 6 nitrogen and oxygen atoms in total. The zero-order valence-corrected chi connectivity index (χ0v) is 17.8. The molecule has 0 aliphatic heterocycles. The number of amides is 1. The van der Waals surface area contributed by atoms with Crippen molar-refractivity contribution in [1.82, 2.24) is 5.32 Å². The Labute approximate surface area is 171 Å². The molecule has 0 saturated carbocycles. The highest BCUT2D eigenvalue weighted by atomic mass is 35.5. The lowest BCUT2D eigenvalue weighted by Gasteiger charge is -2.28. The van der Waals surface area contributed by atoms with Crippen LogP contribution in [0.3, 0.4) is 0 Å². The Balaban J connectivity index is 1.95. The van der Waals surface area contributed by atoms with Gasteiger partial charge in [-0.25, -0.2) is 8.42 Å². The first-order chi connectivity index (χ1) is 13.2. The molecule has 2 rings (SSSR count). The molecule has 1 atom stereocenters. The molecule has 0 fully saturated rings. The lowest BCUT2D eigenvalue weighted by Crippen LogP contribution is -2.48. The maximum Gasteiger partial charge on any atom is 0.243 e. The highest BCUT2D eigenvalue weighted by molar-refractivity contribution is 7.92.